The summed E-state index contributed by atoms with van der Waals surface area (Å²) in [7, 11) is 3.09. The van der Waals surface area contributed by atoms with Gasteiger partial charge in [-0.1, -0.05) is 19.9 Å². The van der Waals surface area contributed by atoms with Gasteiger partial charge in [-0.2, -0.15) is 0 Å². The Labute approximate surface area is 148 Å². The van der Waals surface area contributed by atoms with Crippen LogP contribution in [0.25, 0.3) is 0 Å². The van der Waals surface area contributed by atoms with E-state index in [1.54, 1.807) is 25.3 Å². The fourth-order valence-corrected chi connectivity index (χ4v) is 2.26. The smallest absolute Gasteiger partial charge is 0.259 e. The molecule has 1 N–H and O–H groups in total. The average Bonchev–Trinajstić information content (AvgIpc) is 2.61. The van der Waals surface area contributed by atoms with Crippen LogP contribution < -0.4 is 19.5 Å². The maximum atomic E-state index is 12.5. The largest absolute Gasteiger partial charge is 0.497 e. The molecule has 0 saturated carbocycles. The van der Waals surface area contributed by atoms with Crippen molar-refractivity contribution < 1.29 is 19.0 Å². The van der Waals surface area contributed by atoms with Crippen LogP contribution in [0.4, 0.5) is 5.69 Å². The molecular weight excluding hydrogens is 318 g/mol. The lowest BCUT2D eigenvalue weighted by molar-refractivity contribution is 0.102. The molecule has 2 aromatic carbocycles. The second-order valence-electron chi connectivity index (χ2n) is 6.08. The first-order valence-corrected chi connectivity index (χ1v) is 8.29. The van der Waals surface area contributed by atoms with Gasteiger partial charge in [0.2, 0.25) is 0 Å². The summed E-state index contributed by atoms with van der Waals surface area (Å²) in [6, 6.07) is 12.5. The molecule has 0 heterocycles. The van der Waals surface area contributed by atoms with Crippen LogP contribution in [0, 0.1) is 5.92 Å². The number of amides is 1. The van der Waals surface area contributed by atoms with E-state index in [9.17, 15) is 4.79 Å². The Bertz CT molecular complexity index is 713. The van der Waals surface area contributed by atoms with Crippen molar-refractivity contribution in [1.29, 1.82) is 0 Å². The maximum absolute atomic E-state index is 12.5. The maximum Gasteiger partial charge on any atom is 0.259 e. The second-order valence-corrected chi connectivity index (χ2v) is 6.08. The topological polar surface area (TPSA) is 56.8 Å². The number of methoxy groups -OCH3 is 2. The molecule has 0 radical (unpaired) electrons. The van der Waals surface area contributed by atoms with Crippen LogP contribution in [0.15, 0.2) is 42.5 Å². The number of anilines is 1. The summed E-state index contributed by atoms with van der Waals surface area (Å²) in [5.41, 5.74) is 1.11. The number of carbonyl (C=O) groups is 1. The molecule has 2 aromatic rings. The molecule has 1 amide bonds. The highest BCUT2D eigenvalue weighted by Crippen LogP contribution is 2.26. The van der Waals surface area contributed by atoms with Crippen molar-refractivity contribution in [3.8, 4) is 17.2 Å². The molecule has 5 heteroatoms. The standard InChI is InChI=1S/C20H25NO4/c1-14(2)10-11-25-17-7-5-6-15(12-17)21-20(22)18-9-8-16(23-3)13-19(18)24-4/h5-9,12-14H,10-11H2,1-4H3,(H,21,22). The van der Waals surface area contributed by atoms with Gasteiger partial charge in [-0.15, -0.1) is 0 Å². The Hall–Kier alpha value is -2.69. The van der Waals surface area contributed by atoms with Gasteiger partial charge in [0.05, 0.1) is 26.4 Å². The third kappa shape index (κ3) is 5.41. The van der Waals surface area contributed by atoms with Gasteiger partial charge < -0.3 is 19.5 Å². The van der Waals surface area contributed by atoms with Crippen LogP contribution in [0.5, 0.6) is 17.2 Å². The SMILES string of the molecule is COc1ccc(C(=O)Nc2cccc(OCCC(C)C)c2)c(OC)c1. The van der Waals surface area contributed by atoms with Crippen molar-refractivity contribution >= 4 is 11.6 Å². The molecule has 0 bridgehead atoms. The monoisotopic (exact) mass is 343 g/mol. The number of rotatable bonds is 8. The van der Waals surface area contributed by atoms with Gasteiger partial charge in [0, 0.05) is 17.8 Å². The minimum atomic E-state index is -0.251. The summed E-state index contributed by atoms with van der Waals surface area (Å²) in [6.07, 6.45) is 0.986. The molecule has 0 saturated heterocycles. The van der Waals surface area contributed by atoms with E-state index >= 15 is 0 Å². The molecule has 0 aliphatic carbocycles. The molecule has 0 aliphatic rings. The predicted octanol–water partition coefficient (Wildman–Crippen LogP) is 4.38. The van der Waals surface area contributed by atoms with E-state index in [0.29, 0.717) is 35.3 Å². The fraction of sp³-hybridized carbons (Fsp3) is 0.350. The number of carbonyl (C=O) groups excluding carboxylic acids is 1. The van der Waals surface area contributed by atoms with Gasteiger partial charge >= 0.3 is 0 Å². The van der Waals surface area contributed by atoms with Crippen molar-refractivity contribution in [2.75, 3.05) is 26.1 Å². The van der Waals surface area contributed by atoms with E-state index in [1.165, 1.54) is 7.11 Å². The first-order chi connectivity index (χ1) is 12.0. The Balaban J connectivity index is 2.07. The summed E-state index contributed by atoms with van der Waals surface area (Å²) in [5, 5.41) is 2.87. The molecule has 0 atom stereocenters. The highest BCUT2D eigenvalue weighted by Gasteiger charge is 2.14. The number of nitrogens with one attached hydrogen (secondary N) is 1. The minimum absolute atomic E-state index is 0.251. The molecular formula is C20H25NO4. The van der Waals surface area contributed by atoms with E-state index in [0.717, 1.165) is 12.2 Å². The van der Waals surface area contributed by atoms with Gasteiger partial charge in [-0.05, 0) is 36.6 Å². The lowest BCUT2D eigenvalue weighted by Crippen LogP contribution is -2.13. The summed E-state index contributed by atoms with van der Waals surface area (Å²) in [4.78, 5) is 12.5. The van der Waals surface area contributed by atoms with Gasteiger partial charge in [-0.25, -0.2) is 0 Å². The molecule has 0 fully saturated rings. The molecule has 0 unspecified atom stereocenters. The zero-order valence-electron chi connectivity index (χ0n) is 15.2. The van der Waals surface area contributed by atoms with Gasteiger partial charge in [0.25, 0.3) is 5.91 Å². The molecule has 0 spiro atoms. The third-order valence-corrected chi connectivity index (χ3v) is 3.71. The summed E-state index contributed by atoms with van der Waals surface area (Å²) in [6.45, 7) is 4.96. The Kier molecular flexibility index (Phi) is 6.69. The molecule has 5 nitrogen and oxygen atoms in total. The lowest BCUT2D eigenvalue weighted by Gasteiger charge is -2.12. The number of hydrogen-bond acceptors (Lipinski definition) is 4. The zero-order chi connectivity index (χ0) is 18.2. The Morgan fingerprint density at radius 2 is 1.84 bits per heavy atom. The van der Waals surface area contributed by atoms with Gasteiger partial charge in [0.1, 0.15) is 17.2 Å². The molecule has 0 aliphatic heterocycles. The van der Waals surface area contributed by atoms with Crippen molar-refractivity contribution in [3.63, 3.8) is 0 Å². The summed E-state index contributed by atoms with van der Waals surface area (Å²) < 4.78 is 16.2. The van der Waals surface area contributed by atoms with Crippen LogP contribution in [0.3, 0.4) is 0 Å². The molecule has 2 rings (SSSR count). The minimum Gasteiger partial charge on any atom is -0.497 e. The van der Waals surface area contributed by atoms with Gasteiger partial charge in [0.15, 0.2) is 0 Å². The van der Waals surface area contributed by atoms with E-state index in [4.69, 9.17) is 14.2 Å². The van der Waals surface area contributed by atoms with Crippen LogP contribution in [-0.4, -0.2) is 26.7 Å². The highest BCUT2D eigenvalue weighted by atomic mass is 16.5. The van der Waals surface area contributed by atoms with Crippen LogP contribution in [0.1, 0.15) is 30.6 Å². The number of benzene rings is 2. The molecule has 0 aromatic heterocycles. The lowest BCUT2D eigenvalue weighted by atomic mass is 10.1. The van der Waals surface area contributed by atoms with Crippen molar-refractivity contribution in [1.82, 2.24) is 0 Å². The van der Waals surface area contributed by atoms with Crippen LogP contribution in [-0.2, 0) is 0 Å². The van der Waals surface area contributed by atoms with E-state index in [1.807, 2.05) is 24.3 Å². The van der Waals surface area contributed by atoms with Crippen LogP contribution >= 0.6 is 0 Å². The van der Waals surface area contributed by atoms with Crippen molar-refractivity contribution in [2.24, 2.45) is 5.92 Å². The summed E-state index contributed by atoms with van der Waals surface area (Å²) >= 11 is 0. The highest BCUT2D eigenvalue weighted by molar-refractivity contribution is 6.06. The normalized spacial score (nSPS) is 10.4. The predicted molar refractivity (Wildman–Crippen MR) is 98.9 cm³/mol. The van der Waals surface area contributed by atoms with Crippen molar-refractivity contribution in [2.45, 2.75) is 20.3 Å². The van der Waals surface area contributed by atoms with E-state index in [2.05, 4.69) is 19.2 Å². The van der Waals surface area contributed by atoms with E-state index < -0.39 is 0 Å². The average molecular weight is 343 g/mol. The Morgan fingerprint density at radius 3 is 2.52 bits per heavy atom. The third-order valence-electron chi connectivity index (χ3n) is 3.71. The molecule has 25 heavy (non-hydrogen) atoms. The summed E-state index contributed by atoms with van der Waals surface area (Å²) in [5.74, 6) is 2.17. The van der Waals surface area contributed by atoms with Crippen LogP contribution in [0.2, 0.25) is 0 Å². The Morgan fingerprint density at radius 1 is 1.04 bits per heavy atom. The van der Waals surface area contributed by atoms with Gasteiger partial charge in [-0.3, -0.25) is 4.79 Å². The quantitative estimate of drug-likeness (QED) is 0.773. The fourth-order valence-electron chi connectivity index (χ4n) is 2.26. The number of hydrogen-bond donors (Lipinski definition) is 1. The van der Waals surface area contributed by atoms with E-state index in [-0.39, 0.29) is 5.91 Å². The number of ether oxygens (including phenoxy) is 3. The first-order valence-electron chi connectivity index (χ1n) is 8.29. The molecule has 134 valence electrons. The van der Waals surface area contributed by atoms with Crippen molar-refractivity contribution in [3.05, 3.63) is 48.0 Å². The second kappa shape index (κ2) is 8.97. The first kappa shape index (κ1) is 18.6. The zero-order valence-corrected chi connectivity index (χ0v) is 15.2.